The van der Waals surface area contributed by atoms with Gasteiger partial charge in [0.15, 0.2) is 0 Å². The molecule has 10 heteroatoms. The molecule has 0 saturated carbocycles. The Morgan fingerprint density at radius 1 is 1.06 bits per heavy atom. The number of H-pyrrole nitrogens is 1. The molecule has 0 radical (unpaired) electrons. The van der Waals surface area contributed by atoms with Gasteiger partial charge >= 0.3 is 6.18 Å². The number of aromatic amines is 1. The topological polar surface area (TPSA) is 69.3 Å². The summed E-state index contributed by atoms with van der Waals surface area (Å²) in [6, 6.07) is 7.51. The van der Waals surface area contributed by atoms with Gasteiger partial charge in [-0.05, 0) is 49.2 Å². The molecular weight excluding hydrogens is 428 g/mol. The zero-order valence-corrected chi connectivity index (χ0v) is 17.1. The van der Waals surface area contributed by atoms with E-state index in [-0.39, 0.29) is 23.6 Å². The lowest BCUT2D eigenvalue weighted by molar-refractivity contribution is -0.137. The number of halogens is 4. The Balaban J connectivity index is 1.94. The number of rotatable bonds is 3. The maximum absolute atomic E-state index is 13.8. The molecule has 0 fully saturated rings. The molecule has 2 aromatic heterocycles. The summed E-state index contributed by atoms with van der Waals surface area (Å²) in [5.74, 6) is -1.10. The number of hydrogen-bond donors (Lipinski definition) is 1. The first-order chi connectivity index (χ1) is 15.1. The van der Waals surface area contributed by atoms with Crippen LogP contribution in [0, 0.1) is 12.7 Å². The number of anilines is 3. The van der Waals surface area contributed by atoms with Crippen LogP contribution in [0.5, 0.6) is 0 Å². The first kappa shape index (κ1) is 21.5. The van der Waals surface area contributed by atoms with Crippen molar-refractivity contribution in [3.63, 3.8) is 0 Å². The number of carbonyl (C=O) groups is 1. The first-order valence-electron chi connectivity index (χ1n) is 9.75. The number of benzene rings is 1. The summed E-state index contributed by atoms with van der Waals surface area (Å²) >= 11 is 0. The van der Waals surface area contributed by atoms with E-state index in [2.05, 4.69) is 9.97 Å². The smallest absolute Gasteiger partial charge is 0.324 e. The Hall–Kier alpha value is -3.69. The molecule has 6 nitrogen and oxygen atoms in total. The third-order valence-electron chi connectivity index (χ3n) is 5.30. The predicted octanol–water partition coefficient (Wildman–Crippen LogP) is 4.55. The minimum Gasteiger partial charge on any atom is -0.324 e. The van der Waals surface area contributed by atoms with Crippen molar-refractivity contribution in [1.82, 2.24) is 9.97 Å². The number of fused-ring (bicyclic) bond motifs is 1. The lowest BCUT2D eigenvalue weighted by Crippen LogP contribution is -2.46. The summed E-state index contributed by atoms with van der Waals surface area (Å²) < 4.78 is 53.8. The molecule has 1 N–H and O–H groups in total. The molecule has 166 valence electrons. The minimum atomic E-state index is -4.69. The lowest BCUT2D eigenvalue weighted by atomic mass is 10.0. The summed E-state index contributed by atoms with van der Waals surface area (Å²) in [5, 5.41) is 0. The van der Waals surface area contributed by atoms with Crippen LogP contribution in [0.15, 0.2) is 47.4 Å². The number of hydrogen-bond acceptors (Lipinski definition) is 4. The fraction of sp³-hybridized carbons (Fsp3) is 0.227. The van der Waals surface area contributed by atoms with Crippen molar-refractivity contribution in [2.24, 2.45) is 0 Å². The maximum atomic E-state index is 13.8. The fourth-order valence-corrected chi connectivity index (χ4v) is 3.74. The highest BCUT2D eigenvalue weighted by Crippen LogP contribution is 2.39. The van der Waals surface area contributed by atoms with Crippen molar-refractivity contribution in [2.75, 3.05) is 16.5 Å². The van der Waals surface area contributed by atoms with Gasteiger partial charge in [-0.2, -0.15) is 13.2 Å². The third-order valence-corrected chi connectivity index (χ3v) is 5.30. The molecule has 3 aromatic rings. The molecule has 32 heavy (non-hydrogen) atoms. The number of aryl methyl sites for hydroxylation is 2. The van der Waals surface area contributed by atoms with Crippen molar-refractivity contribution >= 4 is 23.1 Å². The van der Waals surface area contributed by atoms with Crippen LogP contribution in [0.4, 0.5) is 34.8 Å². The van der Waals surface area contributed by atoms with Gasteiger partial charge in [0.1, 0.15) is 18.3 Å². The van der Waals surface area contributed by atoms with E-state index in [1.54, 1.807) is 11.8 Å². The van der Waals surface area contributed by atoms with Crippen molar-refractivity contribution in [2.45, 2.75) is 26.4 Å². The predicted molar refractivity (Wildman–Crippen MR) is 111 cm³/mol. The van der Waals surface area contributed by atoms with E-state index in [9.17, 15) is 27.2 Å². The molecule has 1 aromatic carbocycles. The zero-order valence-electron chi connectivity index (χ0n) is 17.1. The molecule has 1 amide bonds. The van der Waals surface area contributed by atoms with Gasteiger partial charge in [0.2, 0.25) is 5.56 Å². The van der Waals surface area contributed by atoms with Crippen LogP contribution >= 0.6 is 0 Å². The van der Waals surface area contributed by atoms with Crippen LogP contribution in [0.2, 0.25) is 0 Å². The summed E-state index contributed by atoms with van der Waals surface area (Å²) in [5.41, 5.74) is 0.155. The third kappa shape index (κ3) is 3.72. The second kappa shape index (κ2) is 7.77. The molecule has 0 unspecified atom stereocenters. The fourth-order valence-electron chi connectivity index (χ4n) is 3.74. The highest BCUT2D eigenvalue weighted by molar-refractivity contribution is 6.12. The Kier molecular flexibility index (Phi) is 5.23. The SMILES string of the molecule is CCc1cc(F)ccc1N1CN(c2ccc(=O)[nH]c2C)C(=O)c2cc(C(F)(F)F)cnc21. The first-order valence-corrected chi connectivity index (χ1v) is 9.75. The number of pyridine rings is 2. The minimum absolute atomic E-state index is 0.0441. The van der Waals surface area contributed by atoms with Crippen LogP contribution in [0.1, 0.15) is 34.1 Å². The van der Waals surface area contributed by atoms with Crippen LogP contribution in [-0.4, -0.2) is 22.5 Å². The molecule has 0 spiro atoms. The average molecular weight is 446 g/mol. The quantitative estimate of drug-likeness (QED) is 0.600. The van der Waals surface area contributed by atoms with Crippen molar-refractivity contribution < 1.29 is 22.4 Å². The lowest BCUT2D eigenvalue weighted by Gasteiger charge is -2.38. The van der Waals surface area contributed by atoms with E-state index in [4.69, 9.17) is 0 Å². The van der Waals surface area contributed by atoms with Gasteiger partial charge < -0.3 is 9.88 Å². The van der Waals surface area contributed by atoms with Gasteiger partial charge in [0.05, 0.1) is 16.8 Å². The molecule has 1 aliphatic heterocycles. The van der Waals surface area contributed by atoms with Gasteiger partial charge in [-0.15, -0.1) is 0 Å². The normalized spacial score (nSPS) is 14.0. The number of carbonyl (C=O) groups excluding carboxylic acids is 1. The van der Waals surface area contributed by atoms with E-state index in [1.807, 2.05) is 6.92 Å². The summed E-state index contributed by atoms with van der Waals surface area (Å²) in [4.78, 5) is 34.3. The Morgan fingerprint density at radius 3 is 2.44 bits per heavy atom. The number of nitrogens with one attached hydrogen (secondary N) is 1. The number of amides is 1. The summed E-state index contributed by atoms with van der Waals surface area (Å²) in [6.07, 6.45) is -3.56. The Morgan fingerprint density at radius 2 is 1.78 bits per heavy atom. The van der Waals surface area contributed by atoms with Crippen LogP contribution in [0.25, 0.3) is 0 Å². The molecule has 4 rings (SSSR count). The van der Waals surface area contributed by atoms with E-state index in [0.717, 1.165) is 6.07 Å². The molecule has 0 saturated heterocycles. The molecule has 0 bridgehead atoms. The van der Waals surface area contributed by atoms with Crippen molar-refractivity contribution in [1.29, 1.82) is 0 Å². The molecule has 1 aliphatic rings. The monoisotopic (exact) mass is 446 g/mol. The highest BCUT2D eigenvalue weighted by atomic mass is 19.4. The van der Waals surface area contributed by atoms with Gasteiger partial charge in [-0.25, -0.2) is 9.37 Å². The largest absolute Gasteiger partial charge is 0.417 e. The number of alkyl halides is 3. The van der Waals surface area contributed by atoms with Crippen LogP contribution in [-0.2, 0) is 12.6 Å². The summed E-state index contributed by atoms with van der Waals surface area (Å²) in [6.45, 7) is 3.32. The van der Waals surface area contributed by atoms with Gasteiger partial charge in [-0.1, -0.05) is 6.92 Å². The second-order valence-corrected chi connectivity index (χ2v) is 7.35. The maximum Gasteiger partial charge on any atom is 0.417 e. The van der Waals surface area contributed by atoms with E-state index >= 15 is 0 Å². The zero-order chi connectivity index (χ0) is 23.2. The van der Waals surface area contributed by atoms with Gasteiger partial charge in [-0.3, -0.25) is 14.5 Å². The Labute approximate surface area is 180 Å². The molecule has 0 atom stereocenters. The standard InChI is InChI=1S/C22H18F4N4O2/c1-3-13-8-15(23)4-5-18(13)29-11-30(17-6-7-19(31)28-12(17)2)21(32)16-9-14(22(24,25)26)10-27-20(16)29/h4-10H,3,11H2,1-2H3,(H,28,31). The molecular formula is C22H18F4N4O2. The Bertz CT molecular complexity index is 1270. The van der Waals surface area contributed by atoms with Crippen molar-refractivity contribution in [3.8, 4) is 0 Å². The highest BCUT2D eigenvalue weighted by Gasteiger charge is 2.38. The number of aromatic nitrogens is 2. The van der Waals surface area contributed by atoms with Crippen LogP contribution in [0.3, 0.4) is 0 Å². The molecule has 0 aliphatic carbocycles. The summed E-state index contributed by atoms with van der Waals surface area (Å²) in [7, 11) is 0. The van der Waals surface area contributed by atoms with E-state index < -0.39 is 23.5 Å². The number of nitrogens with zero attached hydrogens (tertiary/aromatic N) is 3. The van der Waals surface area contributed by atoms with E-state index in [0.29, 0.717) is 35.2 Å². The molecule has 3 heterocycles. The van der Waals surface area contributed by atoms with Gasteiger partial charge in [0, 0.05) is 23.6 Å². The van der Waals surface area contributed by atoms with Crippen molar-refractivity contribution in [3.05, 3.63) is 81.2 Å². The van der Waals surface area contributed by atoms with E-state index in [1.165, 1.54) is 35.2 Å². The van der Waals surface area contributed by atoms with Gasteiger partial charge in [0.25, 0.3) is 5.91 Å². The van der Waals surface area contributed by atoms with Crippen LogP contribution < -0.4 is 15.4 Å². The second-order valence-electron chi connectivity index (χ2n) is 7.35. The average Bonchev–Trinajstić information content (AvgIpc) is 2.74.